The molecule has 2 aromatic heterocycles. The molecule has 1 saturated heterocycles. The molecular formula is C31H37N5O5S. The lowest BCUT2D eigenvalue weighted by atomic mass is 9.91. The Hall–Kier alpha value is -4.12. The monoisotopic (exact) mass is 591 g/mol. The second-order valence-corrected chi connectivity index (χ2v) is 12.2. The molecule has 1 fully saturated rings. The summed E-state index contributed by atoms with van der Waals surface area (Å²) in [5.74, 6) is -2.10. The Morgan fingerprint density at radius 3 is 2.48 bits per heavy atom. The average Bonchev–Trinajstić information content (AvgIpc) is 3.59. The molecule has 0 aliphatic carbocycles. The number of ketones is 1. The van der Waals surface area contributed by atoms with E-state index in [1.165, 1.54) is 16.2 Å². The molecule has 0 spiro atoms. The molecule has 4 rings (SSSR count). The normalized spacial score (nSPS) is 17.3. The van der Waals surface area contributed by atoms with E-state index in [9.17, 15) is 24.3 Å². The number of thiazole rings is 1. The summed E-state index contributed by atoms with van der Waals surface area (Å²) < 4.78 is 0. The largest absolute Gasteiger partial charge is 0.465 e. The number of nitrogens with zero attached hydrogens (tertiary/aromatic N) is 4. The predicted octanol–water partition coefficient (Wildman–Crippen LogP) is 5.39. The molecule has 1 unspecified atom stereocenters. The highest BCUT2D eigenvalue weighted by atomic mass is 32.1. The van der Waals surface area contributed by atoms with Gasteiger partial charge < -0.3 is 15.3 Å². The van der Waals surface area contributed by atoms with E-state index in [0.29, 0.717) is 24.3 Å². The van der Waals surface area contributed by atoms with Crippen LogP contribution >= 0.6 is 11.3 Å². The first-order valence-corrected chi connectivity index (χ1v) is 15.0. The Morgan fingerprint density at radius 1 is 1.14 bits per heavy atom. The highest BCUT2D eigenvalue weighted by Crippen LogP contribution is 2.38. The number of rotatable bonds is 11. The lowest BCUT2D eigenvalue weighted by molar-refractivity contribution is -0.142. The zero-order valence-electron chi connectivity index (χ0n) is 24.3. The van der Waals surface area contributed by atoms with E-state index >= 15 is 0 Å². The zero-order chi connectivity index (χ0) is 30.4. The van der Waals surface area contributed by atoms with Crippen LogP contribution in [0.25, 0.3) is 10.6 Å². The molecule has 42 heavy (non-hydrogen) atoms. The van der Waals surface area contributed by atoms with E-state index in [1.54, 1.807) is 36.8 Å². The summed E-state index contributed by atoms with van der Waals surface area (Å²) >= 11 is 1.31. The molecule has 222 valence electrons. The van der Waals surface area contributed by atoms with Crippen molar-refractivity contribution in [2.24, 2.45) is 5.41 Å². The van der Waals surface area contributed by atoms with Gasteiger partial charge in [0, 0.05) is 29.9 Å². The van der Waals surface area contributed by atoms with Gasteiger partial charge in [-0.15, -0.1) is 11.3 Å². The van der Waals surface area contributed by atoms with Crippen molar-refractivity contribution in [3.8, 4) is 10.6 Å². The van der Waals surface area contributed by atoms with Crippen molar-refractivity contribution in [2.45, 2.75) is 71.6 Å². The van der Waals surface area contributed by atoms with Crippen LogP contribution in [-0.4, -0.2) is 67.3 Å². The number of carbonyl (C=O) groups excluding carboxylic acids is 3. The molecule has 0 saturated carbocycles. The van der Waals surface area contributed by atoms with Crippen molar-refractivity contribution >= 4 is 35.0 Å². The maximum Gasteiger partial charge on any atom is 0.409 e. The SMILES string of the molecule is CCCC[C@@H](C(=O)C(=O)N[C@H](C)c1ccccc1)N(C(=O)O)C1CC(C)(C)CN1C(=O)c1csc(-c2ccncc2)n1. The van der Waals surface area contributed by atoms with Crippen LogP contribution in [0.1, 0.15) is 75.5 Å². The lowest BCUT2D eigenvalue weighted by Gasteiger charge is -2.37. The fraction of sp³-hybridized carbons (Fsp3) is 0.419. The molecule has 3 amide bonds. The van der Waals surface area contributed by atoms with Crippen molar-refractivity contribution < 1.29 is 24.3 Å². The second-order valence-electron chi connectivity index (χ2n) is 11.4. The van der Waals surface area contributed by atoms with Gasteiger partial charge in [0.25, 0.3) is 11.8 Å². The number of hydrogen-bond donors (Lipinski definition) is 2. The summed E-state index contributed by atoms with van der Waals surface area (Å²) in [5, 5.41) is 15.5. The smallest absolute Gasteiger partial charge is 0.409 e. The van der Waals surface area contributed by atoms with E-state index in [1.807, 2.05) is 51.1 Å². The molecule has 1 aliphatic heterocycles. The molecule has 0 radical (unpaired) electrons. The summed E-state index contributed by atoms with van der Waals surface area (Å²) in [6, 6.07) is 11.1. The van der Waals surface area contributed by atoms with Gasteiger partial charge in [-0.1, -0.05) is 63.9 Å². The number of pyridine rings is 1. The summed E-state index contributed by atoms with van der Waals surface area (Å²) in [5.41, 5.74) is 1.41. The van der Waals surface area contributed by atoms with Crippen LogP contribution in [0.3, 0.4) is 0 Å². The Morgan fingerprint density at radius 2 is 1.83 bits per heavy atom. The number of carbonyl (C=O) groups is 4. The molecule has 1 aliphatic rings. The molecule has 3 atom stereocenters. The van der Waals surface area contributed by atoms with Crippen LogP contribution in [0.4, 0.5) is 4.79 Å². The van der Waals surface area contributed by atoms with Crippen LogP contribution in [0.15, 0.2) is 60.2 Å². The number of hydrogen-bond acceptors (Lipinski definition) is 7. The number of aromatic nitrogens is 2. The molecule has 3 aromatic rings. The zero-order valence-corrected chi connectivity index (χ0v) is 25.1. The molecule has 0 bridgehead atoms. The van der Waals surface area contributed by atoms with E-state index in [-0.39, 0.29) is 18.7 Å². The van der Waals surface area contributed by atoms with Crippen LogP contribution < -0.4 is 5.32 Å². The van der Waals surface area contributed by atoms with E-state index < -0.39 is 47.4 Å². The van der Waals surface area contributed by atoms with Gasteiger partial charge in [0.1, 0.15) is 22.9 Å². The Balaban J connectivity index is 1.62. The first kappa shape index (κ1) is 30.8. The topological polar surface area (TPSA) is 133 Å². The molecule has 1 aromatic carbocycles. The highest BCUT2D eigenvalue weighted by molar-refractivity contribution is 7.13. The molecular weight excluding hydrogens is 554 g/mol. The van der Waals surface area contributed by atoms with Crippen LogP contribution in [0, 0.1) is 5.41 Å². The minimum Gasteiger partial charge on any atom is -0.465 e. The van der Waals surface area contributed by atoms with Gasteiger partial charge in [0.05, 0.1) is 6.04 Å². The van der Waals surface area contributed by atoms with Gasteiger partial charge in [-0.05, 0) is 42.9 Å². The molecule has 11 heteroatoms. The third-order valence-electron chi connectivity index (χ3n) is 7.49. The van der Waals surface area contributed by atoms with Gasteiger partial charge in [0.2, 0.25) is 5.78 Å². The maximum atomic E-state index is 13.8. The van der Waals surface area contributed by atoms with Crippen molar-refractivity contribution in [1.82, 2.24) is 25.1 Å². The fourth-order valence-electron chi connectivity index (χ4n) is 5.34. The second kappa shape index (κ2) is 13.2. The minimum absolute atomic E-state index is 0.163. The lowest BCUT2D eigenvalue weighted by Crippen LogP contribution is -2.58. The van der Waals surface area contributed by atoms with Crippen molar-refractivity contribution in [1.29, 1.82) is 0 Å². The van der Waals surface area contributed by atoms with Crippen molar-refractivity contribution in [3.63, 3.8) is 0 Å². The highest BCUT2D eigenvalue weighted by Gasteiger charge is 2.49. The van der Waals surface area contributed by atoms with Crippen LogP contribution in [-0.2, 0) is 9.59 Å². The van der Waals surface area contributed by atoms with Crippen LogP contribution in [0.5, 0.6) is 0 Å². The Labute approximate surface area is 249 Å². The predicted molar refractivity (Wildman–Crippen MR) is 160 cm³/mol. The molecule has 3 heterocycles. The number of nitrogens with one attached hydrogen (secondary N) is 1. The minimum atomic E-state index is -1.36. The van der Waals surface area contributed by atoms with Gasteiger partial charge in [-0.25, -0.2) is 9.78 Å². The Kier molecular flexibility index (Phi) is 9.72. The summed E-state index contributed by atoms with van der Waals surface area (Å²) in [7, 11) is 0. The number of unbranched alkanes of at least 4 members (excludes halogenated alkanes) is 1. The first-order chi connectivity index (χ1) is 20.0. The van der Waals surface area contributed by atoms with E-state index in [2.05, 4.69) is 15.3 Å². The first-order valence-electron chi connectivity index (χ1n) is 14.1. The fourth-order valence-corrected chi connectivity index (χ4v) is 6.14. The van der Waals surface area contributed by atoms with E-state index in [4.69, 9.17) is 0 Å². The Bertz CT molecular complexity index is 1410. The summed E-state index contributed by atoms with van der Waals surface area (Å²) in [6.45, 7) is 7.88. The standard InChI is InChI=1S/C31H37N5O5S/c1-5-6-12-24(26(37)27(38)33-20(2)21-10-8-7-9-11-21)36(30(40)41)25-17-31(3,4)19-35(25)29(39)23-18-42-28(34-23)22-13-15-32-16-14-22/h7-11,13-16,18,20,24-25H,5-6,12,17,19H2,1-4H3,(H,33,38)(H,40,41)/t20-,24+,25?/m1/s1. The number of Topliss-reactive ketones (excluding diaryl/α,β-unsaturated/α-hetero) is 1. The van der Waals surface area contributed by atoms with E-state index in [0.717, 1.165) is 16.0 Å². The van der Waals surface area contributed by atoms with Gasteiger partial charge >= 0.3 is 6.09 Å². The van der Waals surface area contributed by atoms with Crippen molar-refractivity contribution in [2.75, 3.05) is 6.54 Å². The van der Waals surface area contributed by atoms with Gasteiger partial charge in [-0.3, -0.25) is 24.3 Å². The van der Waals surface area contributed by atoms with Crippen molar-refractivity contribution in [3.05, 3.63) is 71.5 Å². The van der Waals surface area contributed by atoms with Gasteiger partial charge in [-0.2, -0.15) is 0 Å². The number of amides is 3. The average molecular weight is 592 g/mol. The summed E-state index contributed by atoms with van der Waals surface area (Å²) in [6.07, 6.45) is 2.70. The molecule has 2 N–H and O–H groups in total. The number of likely N-dealkylation sites (tertiary alicyclic amines) is 1. The third kappa shape index (κ3) is 7.02. The van der Waals surface area contributed by atoms with Gasteiger partial charge in [0.15, 0.2) is 0 Å². The number of carboxylic acid groups (broad SMARTS) is 1. The number of benzene rings is 1. The van der Waals surface area contributed by atoms with Crippen LogP contribution in [0.2, 0.25) is 0 Å². The third-order valence-corrected chi connectivity index (χ3v) is 8.38. The quantitative estimate of drug-likeness (QED) is 0.286. The molecule has 10 nitrogen and oxygen atoms in total. The summed E-state index contributed by atoms with van der Waals surface area (Å²) in [4.78, 5) is 64.6. The maximum absolute atomic E-state index is 13.8.